The fourth-order valence-corrected chi connectivity index (χ4v) is 2.08. The van der Waals surface area contributed by atoms with Crippen molar-refractivity contribution in [3.8, 4) is 23.3 Å². The number of nitrogens with zero attached hydrogens (tertiary/aromatic N) is 2. The minimum Gasteiger partial charge on any atom is -0.493 e. The molecule has 0 fully saturated rings. The van der Waals surface area contributed by atoms with Crippen molar-refractivity contribution >= 4 is 5.71 Å². The maximum atomic E-state index is 9.00. The van der Waals surface area contributed by atoms with E-state index in [0.29, 0.717) is 22.8 Å². The molecule has 1 N–H and O–H groups in total. The molecule has 2 rings (SSSR count). The first-order chi connectivity index (χ1) is 11.2. The topological polar surface area (TPSA) is 84.1 Å². The van der Waals surface area contributed by atoms with Gasteiger partial charge >= 0.3 is 0 Å². The van der Waals surface area contributed by atoms with Crippen LogP contribution >= 0.6 is 0 Å². The zero-order valence-corrected chi connectivity index (χ0v) is 12.8. The average molecular weight is 312 g/mol. The summed E-state index contributed by atoms with van der Waals surface area (Å²) in [6.07, 6.45) is 0. The molecule has 0 aliphatic carbocycles. The summed E-state index contributed by atoms with van der Waals surface area (Å²) < 4.78 is 16.1. The maximum absolute atomic E-state index is 9.00. The van der Waals surface area contributed by atoms with Crippen LogP contribution in [0.2, 0.25) is 0 Å². The normalized spacial score (nSPS) is 10.7. The van der Waals surface area contributed by atoms with Gasteiger partial charge in [-0.1, -0.05) is 29.4 Å². The zero-order valence-electron chi connectivity index (χ0n) is 12.8. The molecule has 2 aromatic carbocycles. The van der Waals surface area contributed by atoms with Gasteiger partial charge < -0.3 is 19.4 Å². The number of ether oxygens (including phenoxy) is 3. The van der Waals surface area contributed by atoms with Crippen LogP contribution in [0, 0.1) is 11.3 Å². The highest BCUT2D eigenvalue weighted by atomic mass is 16.5. The molecule has 0 bridgehead atoms. The molecule has 118 valence electrons. The highest BCUT2D eigenvalue weighted by Gasteiger charge is 2.11. The smallest absolute Gasteiger partial charge is 0.187 e. The number of oxime groups is 1. The van der Waals surface area contributed by atoms with Crippen LogP contribution in [-0.2, 0) is 6.61 Å². The van der Waals surface area contributed by atoms with Gasteiger partial charge in [0.25, 0.3) is 0 Å². The number of nitriles is 1. The van der Waals surface area contributed by atoms with Crippen molar-refractivity contribution in [1.82, 2.24) is 0 Å². The molecule has 0 aromatic heterocycles. The second kappa shape index (κ2) is 7.71. The molecule has 0 unspecified atom stereocenters. The van der Waals surface area contributed by atoms with Crippen molar-refractivity contribution in [2.45, 2.75) is 6.61 Å². The van der Waals surface area contributed by atoms with E-state index in [2.05, 4.69) is 5.16 Å². The summed E-state index contributed by atoms with van der Waals surface area (Å²) in [5, 5.41) is 20.9. The molecule has 0 heterocycles. The van der Waals surface area contributed by atoms with Crippen LogP contribution < -0.4 is 14.2 Å². The van der Waals surface area contributed by atoms with Crippen molar-refractivity contribution in [3.63, 3.8) is 0 Å². The van der Waals surface area contributed by atoms with Crippen LogP contribution in [0.4, 0.5) is 0 Å². The SMILES string of the molecule is COc1ccc(OCc2ccccc2/C(C#N)=N\O)cc1OC. The van der Waals surface area contributed by atoms with Crippen LogP contribution in [0.5, 0.6) is 17.2 Å². The minimum atomic E-state index is -0.0588. The lowest BCUT2D eigenvalue weighted by molar-refractivity contribution is 0.299. The second-order valence-electron chi connectivity index (χ2n) is 4.52. The lowest BCUT2D eigenvalue weighted by Crippen LogP contribution is -2.06. The van der Waals surface area contributed by atoms with Crippen molar-refractivity contribution < 1.29 is 19.4 Å². The molecule has 6 nitrogen and oxygen atoms in total. The van der Waals surface area contributed by atoms with Gasteiger partial charge in [0.1, 0.15) is 18.4 Å². The van der Waals surface area contributed by atoms with Gasteiger partial charge in [0, 0.05) is 11.6 Å². The standard InChI is InChI=1S/C17H16N2O4/c1-21-16-8-7-13(9-17(16)22-2)23-11-12-5-3-4-6-14(12)15(10-18)19-20/h3-9,20H,11H2,1-2H3/b19-15-. The molecular formula is C17H16N2O4. The van der Waals surface area contributed by atoms with Crippen LogP contribution in [0.15, 0.2) is 47.6 Å². The molecule has 23 heavy (non-hydrogen) atoms. The van der Waals surface area contributed by atoms with Crippen molar-refractivity contribution in [3.05, 3.63) is 53.6 Å². The lowest BCUT2D eigenvalue weighted by atomic mass is 10.0. The molecule has 0 spiro atoms. The molecule has 0 aliphatic heterocycles. The zero-order chi connectivity index (χ0) is 16.7. The number of rotatable bonds is 6. The highest BCUT2D eigenvalue weighted by Crippen LogP contribution is 2.31. The van der Waals surface area contributed by atoms with Crippen LogP contribution in [0.25, 0.3) is 0 Å². The molecule has 6 heteroatoms. The summed E-state index contributed by atoms with van der Waals surface area (Å²) in [6, 6.07) is 14.2. The number of methoxy groups -OCH3 is 2. The van der Waals surface area contributed by atoms with Gasteiger partial charge in [-0.25, -0.2) is 0 Å². The third-order valence-electron chi connectivity index (χ3n) is 3.23. The van der Waals surface area contributed by atoms with Crippen LogP contribution in [0.3, 0.4) is 0 Å². The van der Waals surface area contributed by atoms with E-state index in [1.807, 2.05) is 12.1 Å². The van der Waals surface area contributed by atoms with E-state index in [0.717, 1.165) is 5.56 Å². The van der Waals surface area contributed by atoms with E-state index in [4.69, 9.17) is 24.7 Å². The molecule has 0 radical (unpaired) electrons. The van der Waals surface area contributed by atoms with E-state index in [-0.39, 0.29) is 12.3 Å². The molecule has 0 saturated heterocycles. The van der Waals surface area contributed by atoms with E-state index < -0.39 is 0 Å². The Morgan fingerprint density at radius 1 is 1.13 bits per heavy atom. The molecule has 0 amide bonds. The number of benzene rings is 2. The Labute approximate surface area is 134 Å². The average Bonchev–Trinajstić information content (AvgIpc) is 2.61. The third kappa shape index (κ3) is 3.71. The molecule has 0 aliphatic rings. The molecule has 0 saturated carbocycles. The van der Waals surface area contributed by atoms with Gasteiger partial charge in [-0.15, -0.1) is 0 Å². The van der Waals surface area contributed by atoms with E-state index in [1.165, 1.54) is 0 Å². The Balaban J connectivity index is 2.21. The first-order valence-electron chi connectivity index (χ1n) is 6.78. The van der Waals surface area contributed by atoms with Crippen LogP contribution in [-0.4, -0.2) is 25.1 Å². The largest absolute Gasteiger partial charge is 0.493 e. The molecule has 0 atom stereocenters. The van der Waals surface area contributed by atoms with Crippen molar-refractivity contribution in [2.75, 3.05) is 14.2 Å². The highest BCUT2D eigenvalue weighted by molar-refractivity contribution is 6.12. The van der Waals surface area contributed by atoms with E-state index in [1.54, 1.807) is 50.6 Å². The van der Waals surface area contributed by atoms with Crippen LogP contribution in [0.1, 0.15) is 11.1 Å². The molecule has 2 aromatic rings. The fraction of sp³-hybridized carbons (Fsp3) is 0.176. The first kappa shape index (κ1) is 16.2. The first-order valence-corrected chi connectivity index (χ1v) is 6.78. The maximum Gasteiger partial charge on any atom is 0.187 e. The van der Waals surface area contributed by atoms with Gasteiger partial charge in [-0.2, -0.15) is 5.26 Å². The summed E-state index contributed by atoms with van der Waals surface area (Å²) in [6.45, 7) is 0.215. The van der Waals surface area contributed by atoms with E-state index >= 15 is 0 Å². The monoisotopic (exact) mass is 312 g/mol. The number of hydrogen-bond donors (Lipinski definition) is 1. The Bertz CT molecular complexity index is 750. The Kier molecular flexibility index (Phi) is 5.42. The summed E-state index contributed by atoms with van der Waals surface area (Å²) in [5.41, 5.74) is 1.20. The van der Waals surface area contributed by atoms with Gasteiger partial charge in [0.05, 0.1) is 14.2 Å². The lowest BCUT2D eigenvalue weighted by Gasteiger charge is -2.12. The Hall–Kier alpha value is -3.20. The van der Waals surface area contributed by atoms with Crippen molar-refractivity contribution in [2.24, 2.45) is 5.16 Å². The summed E-state index contributed by atoms with van der Waals surface area (Å²) in [7, 11) is 3.11. The Morgan fingerprint density at radius 2 is 1.87 bits per heavy atom. The number of hydrogen-bond acceptors (Lipinski definition) is 6. The van der Waals surface area contributed by atoms with Crippen molar-refractivity contribution in [1.29, 1.82) is 5.26 Å². The third-order valence-corrected chi connectivity index (χ3v) is 3.23. The van der Waals surface area contributed by atoms with Gasteiger partial charge in [-0.05, 0) is 17.7 Å². The minimum absolute atomic E-state index is 0.0588. The van der Waals surface area contributed by atoms with Gasteiger partial charge in [0.15, 0.2) is 17.2 Å². The second-order valence-corrected chi connectivity index (χ2v) is 4.52. The van der Waals surface area contributed by atoms with Gasteiger partial charge in [0.2, 0.25) is 0 Å². The van der Waals surface area contributed by atoms with Gasteiger partial charge in [-0.3, -0.25) is 0 Å². The predicted molar refractivity (Wildman–Crippen MR) is 84.3 cm³/mol. The summed E-state index contributed by atoms with van der Waals surface area (Å²) in [5.74, 6) is 1.77. The van der Waals surface area contributed by atoms with E-state index in [9.17, 15) is 0 Å². The fourth-order valence-electron chi connectivity index (χ4n) is 2.08. The molecular weight excluding hydrogens is 296 g/mol. The summed E-state index contributed by atoms with van der Waals surface area (Å²) in [4.78, 5) is 0. The predicted octanol–water partition coefficient (Wildman–Crippen LogP) is 2.98. The Morgan fingerprint density at radius 3 is 2.52 bits per heavy atom. The summed E-state index contributed by atoms with van der Waals surface area (Å²) >= 11 is 0. The quantitative estimate of drug-likeness (QED) is 0.503.